The summed E-state index contributed by atoms with van der Waals surface area (Å²) in [7, 11) is 1.62. The molecule has 1 aliphatic heterocycles. The first kappa shape index (κ1) is 19.7. The van der Waals surface area contributed by atoms with Crippen LogP contribution in [0, 0.1) is 0 Å². The molecule has 0 fully saturated rings. The number of carbonyl (C=O) groups excluding carboxylic acids is 2. The van der Waals surface area contributed by atoms with Gasteiger partial charge in [0.1, 0.15) is 5.75 Å². The second kappa shape index (κ2) is 9.27. The molecule has 0 saturated carbocycles. The van der Waals surface area contributed by atoms with Crippen LogP contribution in [-0.2, 0) is 16.0 Å². The smallest absolute Gasteiger partial charge is 0.337 e. The first-order valence-electron chi connectivity index (χ1n) is 8.61. The van der Waals surface area contributed by atoms with Crippen molar-refractivity contribution in [1.29, 1.82) is 0 Å². The van der Waals surface area contributed by atoms with Gasteiger partial charge < -0.3 is 24.5 Å². The summed E-state index contributed by atoms with van der Waals surface area (Å²) < 4.78 is 15.8. The van der Waals surface area contributed by atoms with Crippen LogP contribution in [0.25, 0.3) is 0 Å². The Morgan fingerprint density at radius 1 is 1.29 bits per heavy atom. The summed E-state index contributed by atoms with van der Waals surface area (Å²) in [5.41, 5.74) is 1.87. The zero-order chi connectivity index (χ0) is 19.9. The molecule has 0 radical (unpaired) electrons. The van der Waals surface area contributed by atoms with Crippen molar-refractivity contribution in [3.05, 3.63) is 47.0 Å². The summed E-state index contributed by atoms with van der Waals surface area (Å²) in [5, 5.41) is 13.6. The minimum atomic E-state index is -0.462. The van der Waals surface area contributed by atoms with Gasteiger partial charge in [-0.1, -0.05) is 23.9 Å². The van der Waals surface area contributed by atoms with Crippen LogP contribution in [-0.4, -0.2) is 48.2 Å². The second-order valence-corrected chi connectivity index (χ2v) is 6.69. The maximum absolute atomic E-state index is 12.0. The number of nitrogens with zero attached hydrogens (tertiary/aromatic N) is 2. The van der Waals surface area contributed by atoms with Crippen molar-refractivity contribution in [3.8, 4) is 5.75 Å². The molecule has 1 aromatic heterocycles. The van der Waals surface area contributed by atoms with Gasteiger partial charge in [0, 0.05) is 11.4 Å². The van der Waals surface area contributed by atoms with Gasteiger partial charge in [-0.2, -0.15) is 0 Å². The Morgan fingerprint density at radius 2 is 2.07 bits per heavy atom. The Labute approximate surface area is 165 Å². The fourth-order valence-electron chi connectivity index (χ4n) is 2.49. The Bertz CT molecular complexity index is 878. The van der Waals surface area contributed by atoms with Gasteiger partial charge in [-0.15, -0.1) is 10.2 Å². The van der Waals surface area contributed by atoms with Crippen molar-refractivity contribution in [2.24, 2.45) is 0 Å². The average molecular weight is 404 g/mol. The number of aromatic nitrogens is 2. The van der Waals surface area contributed by atoms with Crippen LogP contribution in [0.4, 0.5) is 4.79 Å². The first-order chi connectivity index (χ1) is 13.6. The van der Waals surface area contributed by atoms with Gasteiger partial charge in [-0.3, -0.25) is 0 Å². The number of benzene rings is 1. The largest absolute Gasteiger partial charge is 0.497 e. The number of hydrogen-bond acceptors (Lipinski definition) is 8. The SMILES string of the molecule is CCOC(=O)C1=C(CSc2nnc(Cc3ccc(OC)cc3)o2)NC(=O)NC1. The predicted molar refractivity (Wildman–Crippen MR) is 101 cm³/mol. The maximum atomic E-state index is 12.0. The lowest BCUT2D eigenvalue weighted by atomic mass is 10.1. The predicted octanol–water partition coefficient (Wildman–Crippen LogP) is 1.89. The van der Waals surface area contributed by atoms with Crippen LogP contribution >= 0.6 is 11.8 Å². The molecule has 0 saturated heterocycles. The van der Waals surface area contributed by atoms with Crippen molar-refractivity contribution < 1.29 is 23.5 Å². The zero-order valence-electron chi connectivity index (χ0n) is 15.5. The second-order valence-electron chi connectivity index (χ2n) is 5.76. The molecule has 0 unspecified atom stereocenters. The molecule has 2 aromatic rings. The highest BCUT2D eigenvalue weighted by Crippen LogP contribution is 2.22. The van der Waals surface area contributed by atoms with Gasteiger partial charge in [0.25, 0.3) is 5.22 Å². The molecule has 1 aromatic carbocycles. The van der Waals surface area contributed by atoms with Crippen molar-refractivity contribution in [3.63, 3.8) is 0 Å². The molecule has 0 atom stereocenters. The monoisotopic (exact) mass is 404 g/mol. The molecule has 3 rings (SSSR count). The Hall–Kier alpha value is -3.01. The summed E-state index contributed by atoms with van der Waals surface area (Å²) in [6.07, 6.45) is 0.495. The average Bonchev–Trinajstić information content (AvgIpc) is 3.14. The van der Waals surface area contributed by atoms with E-state index in [1.807, 2.05) is 24.3 Å². The fourth-order valence-corrected chi connectivity index (χ4v) is 3.26. The van der Waals surface area contributed by atoms with Crippen molar-refractivity contribution >= 4 is 23.8 Å². The number of nitrogens with one attached hydrogen (secondary N) is 2. The summed E-state index contributed by atoms with van der Waals surface area (Å²) in [4.78, 5) is 23.6. The number of ether oxygens (including phenoxy) is 2. The first-order valence-corrected chi connectivity index (χ1v) is 9.59. The number of rotatable bonds is 8. The fraction of sp³-hybridized carbons (Fsp3) is 0.333. The third-order valence-electron chi connectivity index (χ3n) is 3.88. The highest BCUT2D eigenvalue weighted by Gasteiger charge is 2.24. The van der Waals surface area contributed by atoms with Crippen molar-refractivity contribution in [1.82, 2.24) is 20.8 Å². The van der Waals surface area contributed by atoms with Gasteiger partial charge in [0.05, 0.1) is 32.3 Å². The molecule has 0 spiro atoms. The molecule has 10 heteroatoms. The lowest BCUT2D eigenvalue weighted by molar-refractivity contribution is -0.138. The normalized spacial score (nSPS) is 13.7. The van der Waals surface area contributed by atoms with E-state index in [1.54, 1.807) is 14.0 Å². The van der Waals surface area contributed by atoms with Gasteiger partial charge in [-0.05, 0) is 24.6 Å². The van der Waals surface area contributed by atoms with E-state index in [-0.39, 0.29) is 19.2 Å². The lowest BCUT2D eigenvalue weighted by Gasteiger charge is -2.20. The topological polar surface area (TPSA) is 116 Å². The van der Waals surface area contributed by atoms with Gasteiger partial charge in [0.2, 0.25) is 5.89 Å². The number of thioether (sulfide) groups is 1. The Kier molecular flexibility index (Phi) is 6.53. The van der Waals surface area contributed by atoms with Gasteiger partial charge >= 0.3 is 12.0 Å². The van der Waals surface area contributed by atoms with E-state index in [0.29, 0.717) is 34.6 Å². The Morgan fingerprint density at radius 3 is 2.79 bits per heavy atom. The molecular weight excluding hydrogens is 384 g/mol. The number of esters is 1. The number of amides is 2. The minimum Gasteiger partial charge on any atom is -0.497 e. The summed E-state index contributed by atoms with van der Waals surface area (Å²) in [6, 6.07) is 7.22. The highest BCUT2D eigenvalue weighted by atomic mass is 32.2. The molecule has 28 heavy (non-hydrogen) atoms. The summed E-state index contributed by atoms with van der Waals surface area (Å²) in [6.45, 7) is 2.10. The number of methoxy groups -OCH3 is 1. The number of urea groups is 1. The van der Waals surface area contributed by atoms with Crippen LogP contribution in [0.15, 0.2) is 45.2 Å². The van der Waals surface area contributed by atoms with E-state index in [4.69, 9.17) is 13.9 Å². The van der Waals surface area contributed by atoms with Crippen LogP contribution in [0.3, 0.4) is 0 Å². The van der Waals surface area contributed by atoms with E-state index in [9.17, 15) is 9.59 Å². The van der Waals surface area contributed by atoms with E-state index in [0.717, 1.165) is 11.3 Å². The van der Waals surface area contributed by atoms with Crippen molar-refractivity contribution in [2.75, 3.05) is 26.0 Å². The van der Waals surface area contributed by atoms with Crippen LogP contribution in [0.2, 0.25) is 0 Å². The molecule has 1 aliphatic rings. The third-order valence-corrected chi connectivity index (χ3v) is 4.72. The molecule has 9 nitrogen and oxygen atoms in total. The van der Waals surface area contributed by atoms with E-state index in [2.05, 4.69) is 20.8 Å². The number of hydrogen-bond donors (Lipinski definition) is 2. The molecule has 2 amide bonds. The number of carbonyl (C=O) groups is 2. The van der Waals surface area contributed by atoms with E-state index < -0.39 is 5.97 Å². The van der Waals surface area contributed by atoms with Crippen LogP contribution in [0.1, 0.15) is 18.4 Å². The Balaban J connectivity index is 1.63. The third kappa shape index (κ3) is 5.03. The molecule has 2 N–H and O–H groups in total. The maximum Gasteiger partial charge on any atom is 0.337 e. The lowest BCUT2D eigenvalue weighted by Crippen LogP contribution is -2.44. The molecule has 0 bridgehead atoms. The molecule has 0 aliphatic carbocycles. The van der Waals surface area contributed by atoms with E-state index >= 15 is 0 Å². The van der Waals surface area contributed by atoms with Gasteiger partial charge in [-0.25, -0.2) is 9.59 Å². The summed E-state index contributed by atoms with van der Waals surface area (Å²) in [5.74, 6) is 1.09. The highest BCUT2D eigenvalue weighted by molar-refractivity contribution is 7.99. The van der Waals surface area contributed by atoms with E-state index in [1.165, 1.54) is 11.8 Å². The van der Waals surface area contributed by atoms with Crippen molar-refractivity contribution in [2.45, 2.75) is 18.6 Å². The van der Waals surface area contributed by atoms with Crippen LogP contribution < -0.4 is 15.4 Å². The molecular formula is C18H20N4O5S. The summed E-state index contributed by atoms with van der Waals surface area (Å²) >= 11 is 1.24. The molecule has 2 heterocycles. The molecule has 148 valence electrons. The zero-order valence-corrected chi connectivity index (χ0v) is 16.3. The minimum absolute atomic E-state index is 0.118. The standard InChI is InChI=1S/C18H20N4O5S/c1-3-26-16(23)13-9-19-17(24)20-14(13)10-28-18-22-21-15(27-18)8-11-4-6-12(25-2)7-5-11/h4-7H,3,8-10H2,1-2H3,(H2,19,20,24). The van der Waals surface area contributed by atoms with Gasteiger partial charge in [0.15, 0.2) is 0 Å². The van der Waals surface area contributed by atoms with Crippen LogP contribution in [0.5, 0.6) is 5.75 Å². The quantitative estimate of drug-likeness (QED) is 0.506.